The summed E-state index contributed by atoms with van der Waals surface area (Å²) in [6, 6.07) is 7.02. The summed E-state index contributed by atoms with van der Waals surface area (Å²) in [5, 5.41) is 8.74. The molecule has 0 fully saturated rings. The Morgan fingerprint density at radius 3 is 2.65 bits per heavy atom. The van der Waals surface area contributed by atoms with Gasteiger partial charge in [-0.2, -0.15) is 5.26 Å². The summed E-state index contributed by atoms with van der Waals surface area (Å²) in [4.78, 5) is 25.8. The van der Waals surface area contributed by atoms with Crippen LogP contribution in [0.2, 0.25) is 0 Å². The topological polar surface area (TPSA) is 79.6 Å². The molecule has 0 atom stereocenters. The van der Waals surface area contributed by atoms with Crippen LogP contribution in [0.5, 0.6) is 11.5 Å². The molecule has 0 aromatic heterocycles. The average molecular weight is 316 g/mol. The molecular formula is C17H20N2O4. The Bertz CT molecular complexity index is 622. The molecule has 122 valence electrons. The molecule has 23 heavy (non-hydrogen) atoms. The highest BCUT2D eigenvalue weighted by Gasteiger charge is 2.17. The maximum Gasteiger partial charge on any atom is 0.223 e. The molecule has 6 heteroatoms. The predicted octanol–water partition coefficient (Wildman–Crippen LogP) is 2.18. The van der Waals surface area contributed by atoms with Crippen molar-refractivity contribution < 1.29 is 19.1 Å². The van der Waals surface area contributed by atoms with Crippen molar-refractivity contribution in [3.8, 4) is 17.6 Å². The van der Waals surface area contributed by atoms with Crippen LogP contribution in [0, 0.1) is 11.3 Å². The molecule has 0 saturated heterocycles. The lowest BCUT2D eigenvalue weighted by molar-refractivity contribution is -0.130. The second kappa shape index (κ2) is 8.18. The van der Waals surface area contributed by atoms with Gasteiger partial charge in [-0.15, -0.1) is 0 Å². The smallest absolute Gasteiger partial charge is 0.223 e. The van der Waals surface area contributed by atoms with Gasteiger partial charge in [0.25, 0.3) is 0 Å². The molecule has 0 aliphatic carbocycles. The largest absolute Gasteiger partial charge is 0.486 e. The molecule has 1 heterocycles. The van der Waals surface area contributed by atoms with E-state index in [-0.39, 0.29) is 31.1 Å². The van der Waals surface area contributed by atoms with Crippen LogP contribution >= 0.6 is 0 Å². The van der Waals surface area contributed by atoms with Gasteiger partial charge in [-0.1, -0.05) is 6.92 Å². The van der Waals surface area contributed by atoms with Crippen molar-refractivity contribution in [2.45, 2.75) is 26.2 Å². The highest BCUT2D eigenvalue weighted by Crippen LogP contribution is 2.31. The first-order chi connectivity index (χ1) is 11.2. The number of rotatable bonds is 7. The third-order valence-corrected chi connectivity index (χ3v) is 3.54. The van der Waals surface area contributed by atoms with Gasteiger partial charge in [-0.3, -0.25) is 9.59 Å². The molecule has 1 aromatic rings. The van der Waals surface area contributed by atoms with Crippen LogP contribution in [0.25, 0.3) is 0 Å². The number of nitrogens with zero attached hydrogens (tertiary/aromatic N) is 2. The second-order valence-corrected chi connectivity index (χ2v) is 5.26. The fourth-order valence-corrected chi connectivity index (χ4v) is 2.39. The summed E-state index contributed by atoms with van der Waals surface area (Å²) in [7, 11) is 0. The van der Waals surface area contributed by atoms with Crippen molar-refractivity contribution in [1.82, 2.24) is 4.90 Å². The van der Waals surface area contributed by atoms with Crippen LogP contribution in [0.4, 0.5) is 0 Å². The third-order valence-electron chi connectivity index (χ3n) is 3.54. The lowest BCUT2D eigenvalue weighted by Crippen LogP contribution is -2.32. The van der Waals surface area contributed by atoms with Gasteiger partial charge in [0, 0.05) is 24.9 Å². The average Bonchev–Trinajstić information content (AvgIpc) is 2.58. The van der Waals surface area contributed by atoms with E-state index >= 15 is 0 Å². The lowest BCUT2D eigenvalue weighted by atomic mass is 10.1. The molecule has 0 unspecified atom stereocenters. The molecule has 0 N–H and O–H groups in total. The number of fused-ring (bicyclic) bond motifs is 1. The number of amides is 1. The van der Waals surface area contributed by atoms with Gasteiger partial charge < -0.3 is 14.4 Å². The Morgan fingerprint density at radius 2 is 1.96 bits per heavy atom. The standard InChI is InChI=1S/C17H20N2O4/c1-2-8-19(9-7-18)17(21)6-4-14(20)13-3-5-15-16(12-13)23-11-10-22-15/h3,5,12H,2,4,6,8-11H2,1H3. The summed E-state index contributed by atoms with van der Waals surface area (Å²) >= 11 is 0. The first-order valence-electron chi connectivity index (χ1n) is 7.73. The van der Waals surface area contributed by atoms with E-state index in [4.69, 9.17) is 14.7 Å². The van der Waals surface area contributed by atoms with Crippen molar-refractivity contribution in [3.05, 3.63) is 23.8 Å². The molecule has 0 bridgehead atoms. The fraction of sp³-hybridized carbons (Fsp3) is 0.471. The van der Waals surface area contributed by atoms with Crippen molar-refractivity contribution >= 4 is 11.7 Å². The van der Waals surface area contributed by atoms with E-state index in [1.54, 1.807) is 18.2 Å². The van der Waals surface area contributed by atoms with Crippen LogP contribution in [0.1, 0.15) is 36.5 Å². The summed E-state index contributed by atoms with van der Waals surface area (Å²) in [5.74, 6) is 0.903. The van der Waals surface area contributed by atoms with E-state index in [0.717, 1.165) is 6.42 Å². The Kier molecular flexibility index (Phi) is 5.98. The van der Waals surface area contributed by atoms with Gasteiger partial charge in [0.15, 0.2) is 17.3 Å². The van der Waals surface area contributed by atoms with E-state index in [0.29, 0.717) is 36.8 Å². The Balaban J connectivity index is 1.94. The van der Waals surface area contributed by atoms with Crippen molar-refractivity contribution in [2.75, 3.05) is 26.3 Å². The molecular weight excluding hydrogens is 296 g/mol. The van der Waals surface area contributed by atoms with Gasteiger partial charge in [-0.25, -0.2) is 0 Å². The van der Waals surface area contributed by atoms with Gasteiger partial charge in [0.1, 0.15) is 19.8 Å². The Labute approximate surface area is 135 Å². The molecule has 0 radical (unpaired) electrons. The number of hydrogen-bond donors (Lipinski definition) is 0. The quantitative estimate of drug-likeness (QED) is 0.569. The van der Waals surface area contributed by atoms with Crippen molar-refractivity contribution in [1.29, 1.82) is 5.26 Å². The van der Waals surface area contributed by atoms with Crippen molar-refractivity contribution in [3.63, 3.8) is 0 Å². The number of ether oxygens (including phenoxy) is 2. The number of ketones is 1. The summed E-state index contributed by atoms with van der Waals surface area (Å²) in [6.07, 6.45) is 1.00. The fourth-order valence-electron chi connectivity index (χ4n) is 2.39. The van der Waals surface area contributed by atoms with Gasteiger partial charge in [0.2, 0.25) is 5.91 Å². The van der Waals surface area contributed by atoms with E-state index in [1.807, 2.05) is 13.0 Å². The minimum Gasteiger partial charge on any atom is -0.486 e. The highest BCUT2D eigenvalue weighted by atomic mass is 16.6. The molecule has 1 aromatic carbocycles. The third kappa shape index (κ3) is 4.46. The van der Waals surface area contributed by atoms with Crippen LogP contribution in [0.3, 0.4) is 0 Å². The van der Waals surface area contributed by atoms with Crippen LogP contribution in [-0.2, 0) is 4.79 Å². The molecule has 1 aliphatic heterocycles. The SMILES string of the molecule is CCCN(CC#N)C(=O)CCC(=O)c1ccc2c(c1)OCCO2. The first kappa shape index (κ1) is 16.8. The van der Waals surface area contributed by atoms with E-state index < -0.39 is 0 Å². The predicted molar refractivity (Wildman–Crippen MR) is 83.5 cm³/mol. The maximum atomic E-state index is 12.2. The highest BCUT2D eigenvalue weighted by molar-refractivity contribution is 5.98. The van der Waals surface area contributed by atoms with Crippen LogP contribution < -0.4 is 9.47 Å². The molecule has 0 saturated carbocycles. The van der Waals surface area contributed by atoms with Crippen LogP contribution in [-0.4, -0.2) is 42.9 Å². The first-order valence-corrected chi connectivity index (χ1v) is 7.73. The monoisotopic (exact) mass is 316 g/mol. The lowest BCUT2D eigenvalue weighted by Gasteiger charge is -2.19. The number of nitriles is 1. The van der Waals surface area contributed by atoms with E-state index in [1.165, 1.54) is 4.90 Å². The number of carbonyl (C=O) groups is 2. The zero-order chi connectivity index (χ0) is 16.7. The normalized spacial score (nSPS) is 12.3. The molecule has 6 nitrogen and oxygen atoms in total. The molecule has 2 rings (SSSR count). The van der Waals surface area contributed by atoms with Crippen molar-refractivity contribution in [2.24, 2.45) is 0 Å². The molecule has 1 aliphatic rings. The zero-order valence-electron chi connectivity index (χ0n) is 13.2. The Hall–Kier alpha value is -2.55. The maximum absolute atomic E-state index is 12.2. The minimum absolute atomic E-state index is 0.0604. The number of hydrogen-bond acceptors (Lipinski definition) is 5. The minimum atomic E-state index is -0.167. The molecule has 1 amide bonds. The number of carbonyl (C=O) groups excluding carboxylic acids is 2. The van der Waals surface area contributed by atoms with Gasteiger partial charge in [0.05, 0.1) is 6.07 Å². The van der Waals surface area contributed by atoms with Gasteiger partial charge in [-0.05, 0) is 24.6 Å². The second-order valence-electron chi connectivity index (χ2n) is 5.26. The zero-order valence-corrected chi connectivity index (χ0v) is 13.2. The summed E-state index contributed by atoms with van der Waals surface area (Å²) in [5.41, 5.74) is 0.504. The summed E-state index contributed by atoms with van der Waals surface area (Å²) < 4.78 is 10.9. The summed E-state index contributed by atoms with van der Waals surface area (Å²) in [6.45, 7) is 3.50. The number of benzene rings is 1. The van der Waals surface area contributed by atoms with E-state index in [2.05, 4.69) is 0 Å². The van der Waals surface area contributed by atoms with E-state index in [9.17, 15) is 9.59 Å². The molecule has 0 spiro atoms. The van der Waals surface area contributed by atoms with Crippen LogP contribution in [0.15, 0.2) is 18.2 Å². The Morgan fingerprint density at radius 1 is 1.22 bits per heavy atom. The number of Topliss-reactive ketones (excluding diaryl/α,β-unsaturated/α-hetero) is 1. The van der Waals surface area contributed by atoms with Gasteiger partial charge >= 0.3 is 0 Å².